The highest BCUT2D eigenvalue weighted by molar-refractivity contribution is 7.98. The third kappa shape index (κ3) is 2.02. The number of nitrogens with two attached hydrogens (primary N) is 1. The standard InChI is InChI=1S/C9H8ClN3S/c10-8-5-7(11)1-2-9(8)14-13-4-3-12-6-13/h1-6H,11H2. The minimum absolute atomic E-state index is 0.656. The van der Waals surface area contributed by atoms with Crippen molar-refractivity contribution in [3.8, 4) is 0 Å². The van der Waals surface area contributed by atoms with Crippen LogP contribution < -0.4 is 5.73 Å². The lowest BCUT2D eigenvalue weighted by atomic mass is 10.3. The van der Waals surface area contributed by atoms with E-state index in [0.29, 0.717) is 10.7 Å². The molecule has 5 heteroatoms. The van der Waals surface area contributed by atoms with Crippen LogP contribution in [0.5, 0.6) is 0 Å². The van der Waals surface area contributed by atoms with Crippen LogP contribution in [-0.4, -0.2) is 8.96 Å². The largest absolute Gasteiger partial charge is 0.399 e. The van der Waals surface area contributed by atoms with Gasteiger partial charge in [0.05, 0.1) is 5.02 Å². The highest BCUT2D eigenvalue weighted by Crippen LogP contribution is 2.29. The van der Waals surface area contributed by atoms with E-state index in [1.54, 1.807) is 18.6 Å². The first kappa shape index (κ1) is 9.43. The van der Waals surface area contributed by atoms with Crippen LogP contribution >= 0.6 is 23.5 Å². The SMILES string of the molecule is Nc1ccc(Sn2ccnc2)c(Cl)c1. The predicted molar refractivity (Wildman–Crippen MR) is 59.3 cm³/mol. The Balaban J connectivity index is 2.25. The molecule has 0 unspecified atom stereocenters. The minimum atomic E-state index is 0.656. The Labute approximate surface area is 91.0 Å². The molecular weight excluding hydrogens is 218 g/mol. The zero-order chi connectivity index (χ0) is 9.97. The van der Waals surface area contributed by atoms with E-state index in [1.807, 2.05) is 22.3 Å². The topological polar surface area (TPSA) is 43.8 Å². The molecule has 14 heavy (non-hydrogen) atoms. The molecule has 0 radical (unpaired) electrons. The molecule has 72 valence electrons. The van der Waals surface area contributed by atoms with Gasteiger partial charge >= 0.3 is 0 Å². The van der Waals surface area contributed by atoms with Gasteiger partial charge in [0.25, 0.3) is 0 Å². The number of anilines is 1. The summed E-state index contributed by atoms with van der Waals surface area (Å²) in [5, 5.41) is 0.656. The lowest BCUT2D eigenvalue weighted by Crippen LogP contribution is -1.86. The molecule has 2 rings (SSSR count). The molecule has 0 aliphatic carbocycles. The van der Waals surface area contributed by atoms with Crippen molar-refractivity contribution in [2.75, 3.05) is 5.73 Å². The Kier molecular flexibility index (Phi) is 2.65. The fraction of sp³-hybridized carbons (Fsp3) is 0. The normalized spacial score (nSPS) is 10.4. The first-order chi connectivity index (χ1) is 6.75. The maximum absolute atomic E-state index is 6.01. The Bertz CT molecular complexity index is 428. The van der Waals surface area contributed by atoms with Crippen molar-refractivity contribution in [2.45, 2.75) is 4.90 Å². The average Bonchev–Trinajstić information content (AvgIpc) is 2.62. The zero-order valence-electron chi connectivity index (χ0n) is 7.22. The monoisotopic (exact) mass is 225 g/mol. The maximum Gasteiger partial charge on any atom is 0.105 e. The summed E-state index contributed by atoms with van der Waals surface area (Å²) in [6, 6.07) is 5.45. The molecule has 0 aliphatic heterocycles. The van der Waals surface area contributed by atoms with E-state index >= 15 is 0 Å². The summed E-state index contributed by atoms with van der Waals surface area (Å²) in [5.74, 6) is 0. The summed E-state index contributed by atoms with van der Waals surface area (Å²) >= 11 is 7.51. The van der Waals surface area contributed by atoms with Gasteiger partial charge in [0, 0.05) is 23.0 Å². The number of imidazole rings is 1. The van der Waals surface area contributed by atoms with Crippen molar-refractivity contribution in [3.05, 3.63) is 41.9 Å². The van der Waals surface area contributed by atoms with E-state index in [2.05, 4.69) is 4.98 Å². The van der Waals surface area contributed by atoms with Gasteiger partial charge in [0.2, 0.25) is 0 Å². The molecule has 1 aromatic heterocycles. The van der Waals surface area contributed by atoms with Gasteiger partial charge in [-0.3, -0.25) is 3.97 Å². The van der Waals surface area contributed by atoms with Crippen LogP contribution in [0.15, 0.2) is 41.8 Å². The van der Waals surface area contributed by atoms with Gasteiger partial charge in [-0.25, -0.2) is 4.98 Å². The minimum Gasteiger partial charge on any atom is -0.399 e. The predicted octanol–water partition coefficient (Wildman–Crippen LogP) is 2.67. The molecule has 0 saturated heterocycles. The van der Waals surface area contributed by atoms with Crippen molar-refractivity contribution < 1.29 is 0 Å². The molecule has 0 spiro atoms. The second kappa shape index (κ2) is 3.94. The second-order valence-electron chi connectivity index (χ2n) is 2.70. The Morgan fingerprint density at radius 1 is 1.43 bits per heavy atom. The number of aromatic nitrogens is 2. The van der Waals surface area contributed by atoms with E-state index < -0.39 is 0 Å². The fourth-order valence-electron chi connectivity index (χ4n) is 1.01. The van der Waals surface area contributed by atoms with Crippen molar-refractivity contribution in [1.82, 2.24) is 8.96 Å². The molecule has 0 bridgehead atoms. The number of nitrogen functional groups attached to an aromatic ring is 1. The molecule has 0 atom stereocenters. The second-order valence-corrected chi connectivity index (χ2v) is 4.15. The molecule has 0 aliphatic rings. The van der Waals surface area contributed by atoms with Gasteiger partial charge in [-0.1, -0.05) is 11.6 Å². The molecule has 2 N–H and O–H groups in total. The van der Waals surface area contributed by atoms with Gasteiger partial charge in [0.1, 0.15) is 6.33 Å². The molecule has 0 fully saturated rings. The van der Waals surface area contributed by atoms with Crippen molar-refractivity contribution in [3.63, 3.8) is 0 Å². The van der Waals surface area contributed by atoms with Gasteiger partial charge in [-0.15, -0.1) is 0 Å². The first-order valence-electron chi connectivity index (χ1n) is 3.97. The number of rotatable bonds is 2. The number of hydrogen-bond acceptors (Lipinski definition) is 3. The summed E-state index contributed by atoms with van der Waals surface area (Å²) in [5.41, 5.74) is 6.26. The fourth-order valence-corrected chi connectivity index (χ4v) is 2.02. The Morgan fingerprint density at radius 2 is 2.29 bits per heavy atom. The van der Waals surface area contributed by atoms with Crippen LogP contribution in [0, 0.1) is 0 Å². The number of hydrogen-bond donors (Lipinski definition) is 1. The van der Waals surface area contributed by atoms with E-state index in [0.717, 1.165) is 4.90 Å². The summed E-state index contributed by atoms with van der Waals surface area (Å²) in [6.45, 7) is 0. The third-order valence-corrected chi connectivity index (χ3v) is 3.04. The highest BCUT2D eigenvalue weighted by atomic mass is 35.5. The van der Waals surface area contributed by atoms with Crippen LogP contribution in [0.1, 0.15) is 0 Å². The molecule has 2 aromatic rings. The van der Waals surface area contributed by atoms with E-state index in [4.69, 9.17) is 17.3 Å². The van der Waals surface area contributed by atoms with E-state index in [-0.39, 0.29) is 0 Å². The van der Waals surface area contributed by atoms with E-state index in [1.165, 1.54) is 11.9 Å². The van der Waals surface area contributed by atoms with E-state index in [9.17, 15) is 0 Å². The van der Waals surface area contributed by atoms with Crippen LogP contribution in [0.3, 0.4) is 0 Å². The Morgan fingerprint density at radius 3 is 2.93 bits per heavy atom. The van der Waals surface area contributed by atoms with Crippen LogP contribution in [0.4, 0.5) is 5.69 Å². The number of nitrogens with zero attached hydrogens (tertiary/aromatic N) is 2. The highest BCUT2D eigenvalue weighted by Gasteiger charge is 2.02. The van der Waals surface area contributed by atoms with Crippen LogP contribution in [-0.2, 0) is 0 Å². The summed E-state index contributed by atoms with van der Waals surface area (Å²) in [6.07, 6.45) is 5.30. The molecule has 1 heterocycles. The smallest absolute Gasteiger partial charge is 0.105 e. The molecule has 3 nitrogen and oxygen atoms in total. The third-order valence-electron chi connectivity index (χ3n) is 1.64. The maximum atomic E-state index is 6.01. The van der Waals surface area contributed by atoms with Gasteiger partial charge in [-0.05, 0) is 30.1 Å². The molecular formula is C9H8ClN3S. The van der Waals surface area contributed by atoms with Crippen molar-refractivity contribution >= 4 is 29.2 Å². The number of benzene rings is 1. The van der Waals surface area contributed by atoms with Gasteiger partial charge in [0.15, 0.2) is 0 Å². The summed E-state index contributed by atoms with van der Waals surface area (Å²) in [7, 11) is 0. The number of halogens is 1. The summed E-state index contributed by atoms with van der Waals surface area (Å²) < 4.78 is 1.87. The molecule has 1 aromatic carbocycles. The van der Waals surface area contributed by atoms with Crippen LogP contribution in [0.2, 0.25) is 5.02 Å². The van der Waals surface area contributed by atoms with Crippen molar-refractivity contribution in [2.24, 2.45) is 0 Å². The van der Waals surface area contributed by atoms with Gasteiger partial charge in [-0.2, -0.15) is 0 Å². The quantitative estimate of drug-likeness (QED) is 0.800. The Hall–Kier alpha value is -1.13. The van der Waals surface area contributed by atoms with Crippen molar-refractivity contribution in [1.29, 1.82) is 0 Å². The molecule has 0 amide bonds. The zero-order valence-corrected chi connectivity index (χ0v) is 8.79. The summed E-state index contributed by atoms with van der Waals surface area (Å²) in [4.78, 5) is 4.90. The molecule has 0 saturated carbocycles. The lowest BCUT2D eigenvalue weighted by Gasteiger charge is -2.04. The lowest BCUT2D eigenvalue weighted by molar-refractivity contribution is 1.22. The average molecular weight is 226 g/mol. The first-order valence-corrected chi connectivity index (χ1v) is 5.12. The van der Waals surface area contributed by atoms with Gasteiger partial charge < -0.3 is 5.73 Å². The van der Waals surface area contributed by atoms with Crippen LogP contribution in [0.25, 0.3) is 0 Å².